The Hall–Kier alpha value is -0.640. The zero-order valence-electron chi connectivity index (χ0n) is 8.27. The summed E-state index contributed by atoms with van der Waals surface area (Å²) < 4.78 is 2.23. The highest BCUT2D eigenvalue weighted by Gasteiger charge is 2.03. The monoisotopic (exact) mass is 250 g/mol. The molecule has 0 atom stereocenters. The van der Waals surface area contributed by atoms with Crippen LogP contribution in [0.15, 0.2) is 46.7 Å². The van der Waals surface area contributed by atoms with Crippen LogP contribution in [0.5, 0.6) is 0 Å². The Labute approximate surface area is 103 Å². The van der Waals surface area contributed by atoms with E-state index in [0.29, 0.717) is 0 Å². The van der Waals surface area contributed by atoms with Gasteiger partial charge in [-0.2, -0.15) is 0 Å². The molecule has 15 heavy (non-hydrogen) atoms. The lowest BCUT2D eigenvalue weighted by molar-refractivity contribution is 1.57. The highest BCUT2D eigenvalue weighted by molar-refractivity contribution is 8.00. The fourth-order valence-electron chi connectivity index (χ4n) is 1.38. The summed E-state index contributed by atoms with van der Waals surface area (Å²) in [6.45, 7) is 0. The van der Waals surface area contributed by atoms with Crippen LogP contribution in [-0.2, 0) is 0 Å². The minimum absolute atomic E-state index is 0.944. The average Bonchev–Trinajstić information content (AvgIpc) is 2.30. The van der Waals surface area contributed by atoms with Crippen molar-refractivity contribution in [3.63, 3.8) is 0 Å². The number of thioether (sulfide) groups is 1. The first-order valence-electron chi connectivity index (χ1n) is 4.55. The molecule has 0 unspecified atom stereocenters. The van der Waals surface area contributed by atoms with Gasteiger partial charge < -0.3 is 0 Å². The molecule has 0 N–H and O–H groups in total. The highest BCUT2D eigenvalue weighted by Crippen LogP contribution is 2.33. The second kappa shape index (κ2) is 4.92. The van der Waals surface area contributed by atoms with Crippen molar-refractivity contribution < 1.29 is 0 Å². The zero-order chi connectivity index (χ0) is 10.7. The maximum absolute atomic E-state index is 5.18. The molecule has 2 aromatic rings. The van der Waals surface area contributed by atoms with Gasteiger partial charge in [-0.05, 0) is 17.9 Å². The Balaban J connectivity index is 2.58. The van der Waals surface area contributed by atoms with Gasteiger partial charge in [-0.1, -0.05) is 48.6 Å². The van der Waals surface area contributed by atoms with E-state index in [0.717, 1.165) is 3.82 Å². The van der Waals surface area contributed by atoms with Crippen LogP contribution in [0.25, 0.3) is 11.1 Å². The van der Waals surface area contributed by atoms with Gasteiger partial charge in [0.15, 0.2) is 0 Å². The largest absolute Gasteiger partial charge is 0.118 e. The molecule has 1 aromatic heterocycles. The van der Waals surface area contributed by atoms with Crippen molar-refractivity contribution in [2.24, 2.45) is 0 Å². The predicted octanol–water partition coefficient (Wildman–Crippen LogP) is 4.87. The van der Waals surface area contributed by atoms with E-state index in [-0.39, 0.29) is 0 Å². The van der Waals surface area contributed by atoms with Gasteiger partial charge in [0.05, 0.1) is 8.03 Å². The molecule has 0 spiro atoms. The van der Waals surface area contributed by atoms with E-state index in [1.165, 1.54) is 15.3 Å². The van der Waals surface area contributed by atoms with Crippen LogP contribution < -0.4 is 0 Å². The lowest BCUT2D eigenvalue weighted by atomic mass is 10.1. The molecule has 1 aromatic carbocycles. The average molecular weight is 250 g/mol. The Morgan fingerprint density at radius 2 is 1.80 bits per heavy atom. The third-order valence-electron chi connectivity index (χ3n) is 2.07. The van der Waals surface area contributed by atoms with Gasteiger partial charge in [0.25, 0.3) is 0 Å². The van der Waals surface area contributed by atoms with E-state index in [1.807, 2.05) is 12.1 Å². The van der Waals surface area contributed by atoms with Gasteiger partial charge in [0, 0.05) is 5.56 Å². The predicted molar refractivity (Wildman–Crippen MR) is 72.4 cm³/mol. The maximum atomic E-state index is 5.18. The van der Waals surface area contributed by atoms with E-state index in [2.05, 4.69) is 36.6 Å². The first-order chi connectivity index (χ1) is 7.31. The van der Waals surface area contributed by atoms with Gasteiger partial charge in [0.2, 0.25) is 0 Å². The number of hydrogen-bond donors (Lipinski definition) is 0. The van der Waals surface area contributed by atoms with Crippen molar-refractivity contribution in [3.8, 4) is 11.1 Å². The Kier molecular flexibility index (Phi) is 3.57. The van der Waals surface area contributed by atoms with Gasteiger partial charge in [-0.3, -0.25) is 0 Å². The SMILES string of the molecule is CSc1sc(=S)ccc1-c1ccccc1. The van der Waals surface area contributed by atoms with Crippen molar-refractivity contribution in [2.45, 2.75) is 4.21 Å². The molecule has 3 heteroatoms. The third kappa shape index (κ3) is 2.48. The molecular formula is C12H10S3. The molecule has 0 aliphatic heterocycles. The van der Waals surface area contributed by atoms with Crippen molar-refractivity contribution in [1.82, 2.24) is 0 Å². The molecule has 0 saturated heterocycles. The van der Waals surface area contributed by atoms with Crippen LogP contribution in [0.1, 0.15) is 0 Å². The first-order valence-corrected chi connectivity index (χ1v) is 7.00. The molecule has 2 rings (SSSR count). The molecular weight excluding hydrogens is 240 g/mol. The molecule has 0 nitrogen and oxygen atoms in total. The van der Waals surface area contributed by atoms with E-state index in [4.69, 9.17) is 12.2 Å². The molecule has 0 aliphatic carbocycles. The molecule has 1 heterocycles. The van der Waals surface area contributed by atoms with Crippen LogP contribution in [0.2, 0.25) is 0 Å². The van der Waals surface area contributed by atoms with E-state index >= 15 is 0 Å². The lowest BCUT2D eigenvalue weighted by Gasteiger charge is -2.05. The Morgan fingerprint density at radius 1 is 1.07 bits per heavy atom. The van der Waals surface area contributed by atoms with Crippen LogP contribution in [0.3, 0.4) is 0 Å². The fraction of sp³-hybridized carbons (Fsp3) is 0.0833. The standard InChI is InChI=1S/C12H10S3/c1-14-12-10(7-8-11(13)15-12)9-5-3-2-4-6-9/h2-8H,1H3. The highest BCUT2D eigenvalue weighted by atomic mass is 32.2. The van der Waals surface area contributed by atoms with Gasteiger partial charge in [-0.25, -0.2) is 0 Å². The van der Waals surface area contributed by atoms with Crippen LogP contribution >= 0.6 is 35.3 Å². The second-order valence-electron chi connectivity index (χ2n) is 3.03. The smallest absolute Gasteiger partial charge is 0.0911 e. The zero-order valence-corrected chi connectivity index (χ0v) is 10.7. The Bertz CT molecular complexity index is 500. The molecule has 0 bridgehead atoms. The summed E-state index contributed by atoms with van der Waals surface area (Å²) in [7, 11) is 0. The Morgan fingerprint density at radius 3 is 2.47 bits per heavy atom. The van der Waals surface area contributed by atoms with E-state index < -0.39 is 0 Å². The number of benzene rings is 1. The normalized spacial score (nSPS) is 10.2. The minimum Gasteiger partial charge on any atom is -0.118 e. The summed E-state index contributed by atoms with van der Waals surface area (Å²) in [5, 5.41) is 0. The fourth-order valence-corrected chi connectivity index (χ4v) is 3.48. The second-order valence-corrected chi connectivity index (χ2v) is 5.85. The summed E-state index contributed by atoms with van der Waals surface area (Å²) in [6.07, 6.45) is 2.09. The number of hydrogen-bond acceptors (Lipinski definition) is 3. The molecule has 0 aliphatic rings. The van der Waals surface area contributed by atoms with Gasteiger partial charge in [0.1, 0.15) is 0 Å². The van der Waals surface area contributed by atoms with Gasteiger partial charge >= 0.3 is 0 Å². The van der Waals surface area contributed by atoms with Crippen molar-refractivity contribution in [2.75, 3.05) is 6.26 Å². The maximum Gasteiger partial charge on any atom is 0.0911 e. The van der Waals surface area contributed by atoms with E-state index in [1.54, 1.807) is 23.1 Å². The summed E-state index contributed by atoms with van der Waals surface area (Å²) in [5.74, 6) is 0. The molecule has 0 saturated carbocycles. The lowest BCUT2D eigenvalue weighted by Crippen LogP contribution is -1.78. The van der Waals surface area contributed by atoms with Crippen LogP contribution in [0, 0.1) is 3.82 Å². The summed E-state index contributed by atoms with van der Waals surface area (Å²) in [5.41, 5.74) is 2.54. The summed E-state index contributed by atoms with van der Waals surface area (Å²) >= 11 is 8.61. The van der Waals surface area contributed by atoms with Crippen molar-refractivity contribution in [3.05, 3.63) is 46.3 Å². The third-order valence-corrected chi connectivity index (χ3v) is 4.54. The van der Waals surface area contributed by atoms with Crippen LogP contribution in [0.4, 0.5) is 0 Å². The molecule has 0 radical (unpaired) electrons. The van der Waals surface area contributed by atoms with E-state index in [9.17, 15) is 0 Å². The summed E-state index contributed by atoms with van der Waals surface area (Å²) in [6, 6.07) is 14.5. The molecule has 0 fully saturated rings. The quantitative estimate of drug-likeness (QED) is 0.551. The molecule has 0 amide bonds. The summed E-state index contributed by atoms with van der Waals surface area (Å²) in [4.78, 5) is 0. The first kappa shape index (κ1) is 10.9. The molecule has 76 valence electrons. The number of rotatable bonds is 2. The van der Waals surface area contributed by atoms with Gasteiger partial charge in [-0.15, -0.1) is 23.1 Å². The van der Waals surface area contributed by atoms with Crippen molar-refractivity contribution >= 4 is 35.3 Å². The van der Waals surface area contributed by atoms with Crippen LogP contribution in [-0.4, -0.2) is 6.26 Å². The topological polar surface area (TPSA) is 0 Å². The minimum atomic E-state index is 0.944. The van der Waals surface area contributed by atoms with Crippen molar-refractivity contribution in [1.29, 1.82) is 0 Å².